The molecule has 1 aliphatic heterocycles. The second kappa shape index (κ2) is 4.00. The summed E-state index contributed by atoms with van der Waals surface area (Å²) >= 11 is 6.00. The van der Waals surface area contributed by atoms with Crippen LogP contribution in [0.1, 0.15) is 23.2 Å². The van der Waals surface area contributed by atoms with Crippen molar-refractivity contribution in [2.45, 2.75) is 18.2 Å². The lowest BCUT2D eigenvalue weighted by atomic mass is 10.1. The molecule has 1 unspecified atom stereocenters. The zero-order chi connectivity index (χ0) is 9.97. The Bertz CT molecular complexity index is 312. The average Bonchev–Trinajstić information content (AvgIpc) is 2.69. The van der Waals surface area contributed by atoms with Crippen molar-refractivity contribution < 1.29 is 4.79 Å². The van der Waals surface area contributed by atoms with E-state index in [2.05, 4.69) is 10.2 Å². The minimum atomic E-state index is 0.0177. The van der Waals surface area contributed by atoms with Gasteiger partial charge >= 0.3 is 0 Å². The summed E-state index contributed by atoms with van der Waals surface area (Å²) < 4.78 is 0. The number of alkyl halides is 1. The molecule has 1 aliphatic rings. The molecule has 1 aromatic rings. The van der Waals surface area contributed by atoms with Gasteiger partial charge in [-0.1, -0.05) is 0 Å². The minimum absolute atomic E-state index is 0.0177. The molecule has 1 fully saturated rings. The molecule has 1 amide bonds. The number of hydrogen-bond donors (Lipinski definition) is 1. The molecule has 5 heteroatoms. The Hall–Kier alpha value is -1.03. The quantitative estimate of drug-likeness (QED) is 0.714. The van der Waals surface area contributed by atoms with Crippen LogP contribution in [0.5, 0.6) is 0 Å². The number of halogens is 1. The van der Waals surface area contributed by atoms with Gasteiger partial charge in [-0.15, -0.1) is 11.6 Å². The zero-order valence-corrected chi connectivity index (χ0v) is 8.50. The number of aromatic amines is 1. The molecule has 0 aromatic carbocycles. The number of amides is 1. The highest BCUT2D eigenvalue weighted by Gasteiger charge is 2.23. The highest BCUT2D eigenvalue weighted by Crippen LogP contribution is 2.16. The van der Waals surface area contributed by atoms with Crippen LogP contribution in [0.2, 0.25) is 0 Å². The number of hydrogen-bond acceptors (Lipinski definition) is 2. The van der Waals surface area contributed by atoms with Crippen LogP contribution >= 0.6 is 11.6 Å². The second-order valence-electron chi connectivity index (χ2n) is 3.48. The first-order valence-corrected chi connectivity index (χ1v) is 5.13. The van der Waals surface area contributed by atoms with E-state index < -0.39 is 0 Å². The van der Waals surface area contributed by atoms with Gasteiger partial charge in [0, 0.05) is 19.3 Å². The highest BCUT2D eigenvalue weighted by molar-refractivity contribution is 6.21. The van der Waals surface area contributed by atoms with Crippen molar-refractivity contribution in [3.63, 3.8) is 0 Å². The molecule has 2 rings (SSSR count). The number of piperidine rings is 1. The summed E-state index contributed by atoms with van der Waals surface area (Å²) in [6.45, 7) is 1.44. The third-order valence-corrected chi connectivity index (χ3v) is 2.75. The lowest BCUT2D eigenvalue weighted by Gasteiger charge is -2.29. The first-order chi connectivity index (χ1) is 6.77. The van der Waals surface area contributed by atoms with E-state index in [-0.39, 0.29) is 11.3 Å². The Kier molecular flexibility index (Phi) is 2.72. The van der Waals surface area contributed by atoms with Crippen molar-refractivity contribution in [3.05, 3.63) is 18.0 Å². The standard InChI is InChI=1S/C9H12ClN3O/c10-8-2-1-3-13(6-8)9(14)7-4-11-12-5-7/h4-5,8H,1-3,6H2,(H,11,12). The van der Waals surface area contributed by atoms with Gasteiger partial charge in [-0.25, -0.2) is 0 Å². The van der Waals surface area contributed by atoms with Gasteiger partial charge in [0.15, 0.2) is 0 Å². The average molecular weight is 214 g/mol. The van der Waals surface area contributed by atoms with E-state index in [1.165, 1.54) is 0 Å². The Labute approximate surface area is 87.2 Å². The van der Waals surface area contributed by atoms with E-state index in [1.807, 2.05) is 0 Å². The maximum atomic E-state index is 11.8. The number of nitrogens with one attached hydrogen (secondary N) is 1. The lowest BCUT2D eigenvalue weighted by Crippen LogP contribution is -2.40. The van der Waals surface area contributed by atoms with Crippen LogP contribution in [0.15, 0.2) is 12.4 Å². The van der Waals surface area contributed by atoms with E-state index in [9.17, 15) is 4.79 Å². The fourth-order valence-corrected chi connectivity index (χ4v) is 1.98. The van der Waals surface area contributed by atoms with Gasteiger partial charge in [0.25, 0.3) is 5.91 Å². The van der Waals surface area contributed by atoms with Crippen molar-refractivity contribution >= 4 is 17.5 Å². The predicted octanol–water partition coefficient (Wildman–Crippen LogP) is 1.25. The molecule has 1 atom stereocenters. The third kappa shape index (κ3) is 1.90. The Morgan fingerprint density at radius 3 is 3.21 bits per heavy atom. The summed E-state index contributed by atoms with van der Waals surface area (Å²) in [5, 5.41) is 6.48. The largest absolute Gasteiger partial charge is 0.337 e. The van der Waals surface area contributed by atoms with E-state index in [1.54, 1.807) is 17.3 Å². The number of aromatic nitrogens is 2. The van der Waals surface area contributed by atoms with E-state index in [4.69, 9.17) is 11.6 Å². The van der Waals surface area contributed by atoms with Gasteiger partial charge in [0.1, 0.15) is 0 Å². The first-order valence-electron chi connectivity index (χ1n) is 4.69. The number of rotatable bonds is 1. The number of carbonyl (C=O) groups excluding carboxylic acids is 1. The Morgan fingerprint density at radius 2 is 2.57 bits per heavy atom. The number of H-pyrrole nitrogens is 1. The van der Waals surface area contributed by atoms with Crippen LogP contribution < -0.4 is 0 Å². The van der Waals surface area contributed by atoms with Crippen molar-refractivity contribution in [1.82, 2.24) is 15.1 Å². The SMILES string of the molecule is O=C(c1cn[nH]c1)N1CCCC(Cl)C1. The van der Waals surface area contributed by atoms with E-state index in [0.29, 0.717) is 12.1 Å². The molecule has 1 aromatic heterocycles. The molecule has 76 valence electrons. The molecule has 0 bridgehead atoms. The summed E-state index contributed by atoms with van der Waals surface area (Å²) in [7, 11) is 0. The summed E-state index contributed by atoms with van der Waals surface area (Å²) in [4.78, 5) is 13.6. The maximum absolute atomic E-state index is 11.8. The molecule has 0 aliphatic carbocycles. The second-order valence-corrected chi connectivity index (χ2v) is 4.09. The maximum Gasteiger partial charge on any atom is 0.257 e. The molecule has 0 radical (unpaired) electrons. The van der Waals surface area contributed by atoms with E-state index in [0.717, 1.165) is 19.4 Å². The van der Waals surface area contributed by atoms with Crippen molar-refractivity contribution in [2.24, 2.45) is 0 Å². The van der Waals surface area contributed by atoms with Crippen molar-refractivity contribution in [2.75, 3.05) is 13.1 Å². The monoisotopic (exact) mass is 213 g/mol. The van der Waals surface area contributed by atoms with Crippen molar-refractivity contribution in [3.8, 4) is 0 Å². The zero-order valence-electron chi connectivity index (χ0n) is 7.74. The Balaban J connectivity index is 2.04. The summed E-state index contributed by atoms with van der Waals surface area (Å²) in [6, 6.07) is 0. The van der Waals surface area contributed by atoms with Crippen LogP contribution in [0.3, 0.4) is 0 Å². The number of nitrogens with zero attached hydrogens (tertiary/aromatic N) is 2. The van der Waals surface area contributed by atoms with Crippen LogP contribution in [0, 0.1) is 0 Å². The predicted molar refractivity (Wildman–Crippen MR) is 53.4 cm³/mol. The van der Waals surface area contributed by atoms with Crippen molar-refractivity contribution in [1.29, 1.82) is 0 Å². The fraction of sp³-hybridized carbons (Fsp3) is 0.556. The molecule has 14 heavy (non-hydrogen) atoms. The van der Waals surface area contributed by atoms with Crippen LogP contribution in [0.25, 0.3) is 0 Å². The first kappa shape index (κ1) is 9.52. The van der Waals surface area contributed by atoms with Crippen LogP contribution in [0.4, 0.5) is 0 Å². The van der Waals surface area contributed by atoms with E-state index >= 15 is 0 Å². The van der Waals surface area contributed by atoms with Gasteiger partial charge in [0.05, 0.1) is 17.1 Å². The molecule has 1 N–H and O–H groups in total. The lowest BCUT2D eigenvalue weighted by molar-refractivity contribution is 0.0727. The molecule has 2 heterocycles. The molecular formula is C9H12ClN3O. The van der Waals surface area contributed by atoms with Gasteiger partial charge in [-0.05, 0) is 12.8 Å². The number of carbonyl (C=O) groups is 1. The molecule has 0 spiro atoms. The molecule has 1 saturated heterocycles. The van der Waals surface area contributed by atoms with Gasteiger partial charge in [0.2, 0.25) is 0 Å². The number of likely N-dealkylation sites (tertiary alicyclic amines) is 1. The summed E-state index contributed by atoms with van der Waals surface area (Å²) in [5.41, 5.74) is 0.607. The topological polar surface area (TPSA) is 49.0 Å². The Morgan fingerprint density at radius 1 is 1.71 bits per heavy atom. The molecule has 4 nitrogen and oxygen atoms in total. The summed E-state index contributed by atoms with van der Waals surface area (Å²) in [6.07, 6.45) is 5.13. The highest BCUT2D eigenvalue weighted by atomic mass is 35.5. The fourth-order valence-electron chi connectivity index (χ4n) is 1.66. The molecular weight excluding hydrogens is 202 g/mol. The molecule has 0 saturated carbocycles. The van der Waals surface area contributed by atoms with Crippen LogP contribution in [-0.2, 0) is 0 Å². The minimum Gasteiger partial charge on any atom is -0.337 e. The summed E-state index contributed by atoms with van der Waals surface area (Å²) in [5.74, 6) is 0.0177. The normalized spacial score (nSPS) is 22.4. The van der Waals surface area contributed by atoms with Gasteiger partial charge in [-0.2, -0.15) is 5.10 Å². The van der Waals surface area contributed by atoms with Gasteiger partial charge in [-0.3, -0.25) is 9.89 Å². The smallest absolute Gasteiger partial charge is 0.257 e. The van der Waals surface area contributed by atoms with Crippen LogP contribution in [-0.4, -0.2) is 39.5 Å². The third-order valence-electron chi connectivity index (χ3n) is 2.40. The van der Waals surface area contributed by atoms with Gasteiger partial charge < -0.3 is 4.90 Å².